The Labute approximate surface area is 219 Å². The normalized spacial score (nSPS) is 15.2. The number of carbonyl (C=O) groups excluding carboxylic acids is 1. The molecule has 3 aromatic rings. The molecule has 7 nitrogen and oxygen atoms in total. The molecular formula is C29H34N2O5S. The summed E-state index contributed by atoms with van der Waals surface area (Å²) in [6, 6.07) is 20.7. The largest absolute Gasteiger partial charge is 0.496 e. The molecule has 0 bridgehead atoms. The first-order valence-electron chi connectivity index (χ1n) is 12.5. The fourth-order valence-electron chi connectivity index (χ4n) is 4.66. The van der Waals surface area contributed by atoms with Crippen LogP contribution in [0.2, 0.25) is 0 Å². The highest BCUT2D eigenvalue weighted by Crippen LogP contribution is 2.28. The molecule has 0 unspecified atom stereocenters. The minimum Gasteiger partial charge on any atom is -0.496 e. The van der Waals surface area contributed by atoms with E-state index in [0.717, 1.165) is 16.7 Å². The summed E-state index contributed by atoms with van der Waals surface area (Å²) in [7, 11) is -2.11. The second-order valence-corrected chi connectivity index (χ2v) is 11.2. The molecule has 0 radical (unpaired) electrons. The van der Waals surface area contributed by atoms with Crippen LogP contribution in [0.4, 0.5) is 0 Å². The molecule has 0 aromatic heterocycles. The fraction of sp³-hybridized carbons (Fsp3) is 0.345. The minimum atomic E-state index is -3.65. The number of nitrogens with one attached hydrogen (secondary N) is 1. The van der Waals surface area contributed by atoms with Crippen LogP contribution in [0.15, 0.2) is 71.6 Å². The molecule has 1 heterocycles. The van der Waals surface area contributed by atoms with Crippen molar-refractivity contribution < 1.29 is 22.7 Å². The highest BCUT2D eigenvalue weighted by molar-refractivity contribution is 7.89. The molecule has 0 spiro atoms. The maximum atomic E-state index is 13.2. The van der Waals surface area contributed by atoms with Gasteiger partial charge in [-0.05, 0) is 60.7 Å². The highest BCUT2D eigenvalue weighted by atomic mass is 32.2. The molecule has 4 rings (SSSR count). The smallest absolute Gasteiger partial charge is 0.243 e. The van der Waals surface area contributed by atoms with Crippen molar-refractivity contribution in [3.05, 3.63) is 94.5 Å². The van der Waals surface area contributed by atoms with Crippen LogP contribution in [-0.2, 0) is 26.0 Å². The van der Waals surface area contributed by atoms with Gasteiger partial charge in [-0.15, -0.1) is 0 Å². The summed E-state index contributed by atoms with van der Waals surface area (Å²) < 4.78 is 38.5. The number of rotatable bonds is 9. The number of aryl methyl sites for hydroxylation is 3. The predicted molar refractivity (Wildman–Crippen MR) is 143 cm³/mol. The van der Waals surface area contributed by atoms with Crippen LogP contribution < -0.4 is 10.1 Å². The van der Waals surface area contributed by atoms with Gasteiger partial charge in [0.2, 0.25) is 15.9 Å². The van der Waals surface area contributed by atoms with Crippen molar-refractivity contribution in [3.63, 3.8) is 0 Å². The molecular weight excluding hydrogens is 488 g/mol. The number of benzene rings is 3. The van der Waals surface area contributed by atoms with Crippen LogP contribution >= 0.6 is 0 Å². The number of ether oxygens (including phenoxy) is 2. The third-order valence-electron chi connectivity index (χ3n) is 6.66. The zero-order chi connectivity index (χ0) is 26.4. The van der Waals surface area contributed by atoms with Crippen LogP contribution in [0.3, 0.4) is 0 Å². The standard InChI is InChI=1S/C29H34N2O5S/c1-21-9-12-26(22(2)19-21)29(23-7-5-4-6-8-23)30-28(32)14-10-24-20-25(11-13-27(24)35-3)37(33,34)31-15-17-36-18-16-31/h4-9,11-13,19-20,29H,10,14-18H2,1-3H3,(H,30,32)/t29-/m0/s1. The highest BCUT2D eigenvalue weighted by Gasteiger charge is 2.27. The van der Waals surface area contributed by atoms with Gasteiger partial charge >= 0.3 is 0 Å². The molecule has 196 valence electrons. The SMILES string of the molecule is COc1ccc(S(=O)(=O)N2CCOCC2)cc1CCC(=O)N[C@@H](c1ccccc1)c1ccc(C)cc1C. The Morgan fingerprint density at radius 2 is 1.76 bits per heavy atom. The molecule has 1 aliphatic heterocycles. The number of hydrogen-bond donors (Lipinski definition) is 1. The van der Waals surface area contributed by atoms with Crippen molar-refractivity contribution in [2.24, 2.45) is 0 Å². The van der Waals surface area contributed by atoms with E-state index in [-0.39, 0.29) is 23.3 Å². The van der Waals surface area contributed by atoms with E-state index in [1.54, 1.807) is 25.3 Å². The lowest BCUT2D eigenvalue weighted by molar-refractivity contribution is -0.121. The van der Waals surface area contributed by atoms with E-state index in [1.807, 2.05) is 37.3 Å². The van der Waals surface area contributed by atoms with Gasteiger partial charge in [-0.1, -0.05) is 54.1 Å². The second kappa shape index (κ2) is 11.9. The maximum Gasteiger partial charge on any atom is 0.243 e. The van der Waals surface area contributed by atoms with E-state index >= 15 is 0 Å². The molecule has 0 aliphatic carbocycles. The number of amides is 1. The lowest BCUT2D eigenvalue weighted by atomic mass is 9.93. The molecule has 1 N–H and O–H groups in total. The van der Waals surface area contributed by atoms with Gasteiger partial charge in [-0.25, -0.2) is 8.42 Å². The third-order valence-corrected chi connectivity index (χ3v) is 8.55. The Morgan fingerprint density at radius 3 is 2.43 bits per heavy atom. The third kappa shape index (κ3) is 6.39. The molecule has 3 aromatic carbocycles. The minimum absolute atomic E-state index is 0.127. The predicted octanol–water partition coefficient (Wildman–Crippen LogP) is 4.17. The van der Waals surface area contributed by atoms with Gasteiger partial charge < -0.3 is 14.8 Å². The Morgan fingerprint density at radius 1 is 1.03 bits per heavy atom. The van der Waals surface area contributed by atoms with Crippen LogP contribution in [-0.4, -0.2) is 52.0 Å². The van der Waals surface area contributed by atoms with Gasteiger partial charge in [-0.3, -0.25) is 4.79 Å². The topological polar surface area (TPSA) is 84.9 Å². The average molecular weight is 523 g/mol. The van der Waals surface area contributed by atoms with Crippen molar-refractivity contribution in [1.82, 2.24) is 9.62 Å². The summed E-state index contributed by atoms with van der Waals surface area (Å²) in [5, 5.41) is 3.19. The molecule has 1 fully saturated rings. The Kier molecular flexibility index (Phi) is 8.63. The molecule has 1 saturated heterocycles. The summed E-state index contributed by atoms with van der Waals surface area (Å²) in [6.45, 7) is 5.51. The van der Waals surface area contributed by atoms with Crippen LogP contribution in [0.1, 0.15) is 40.3 Å². The molecule has 1 aliphatic rings. The van der Waals surface area contributed by atoms with Gasteiger partial charge in [0, 0.05) is 19.5 Å². The molecule has 0 saturated carbocycles. The van der Waals surface area contributed by atoms with Crippen LogP contribution in [0, 0.1) is 13.8 Å². The summed E-state index contributed by atoms with van der Waals surface area (Å²) in [6.07, 6.45) is 0.529. The van der Waals surface area contributed by atoms with Crippen molar-refractivity contribution in [2.45, 2.75) is 37.6 Å². The second-order valence-electron chi connectivity index (χ2n) is 9.26. The van der Waals surface area contributed by atoms with Crippen molar-refractivity contribution >= 4 is 15.9 Å². The zero-order valence-electron chi connectivity index (χ0n) is 21.6. The number of hydrogen-bond acceptors (Lipinski definition) is 5. The first-order chi connectivity index (χ1) is 17.8. The van der Waals surface area contributed by atoms with Gasteiger partial charge in [0.05, 0.1) is 31.3 Å². The number of methoxy groups -OCH3 is 1. The average Bonchev–Trinajstić information content (AvgIpc) is 2.91. The van der Waals surface area contributed by atoms with E-state index in [9.17, 15) is 13.2 Å². The number of carbonyl (C=O) groups is 1. The van der Waals surface area contributed by atoms with Crippen molar-refractivity contribution in [2.75, 3.05) is 33.4 Å². The lowest BCUT2D eigenvalue weighted by Gasteiger charge is -2.26. The van der Waals surface area contributed by atoms with E-state index in [1.165, 1.54) is 9.87 Å². The number of sulfonamides is 1. The van der Waals surface area contributed by atoms with E-state index in [4.69, 9.17) is 9.47 Å². The Bertz CT molecular complexity index is 1340. The van der Waals surface area contributed by atoms with Crippen LogP contribution in [0.25, 0.3) is 0 Å². The van der Waals surface area contributed by atoms with Crippen LogP contribution in [0.5, 0.6) is 5.75 Å². The molecule has 8 heteroatoms. The Balaban J connectivity index is 1.53. The van der Waals surface area contributed by atoms with Gasteiger partial charge in [0.15, 0.2) is 0 Å². The summed E-state index contributed by atoms with van der Waals surface area (Å²) in [5.41, 5.74) is 4.99. The molecule has 1 atom stereocenters. The van der Waals surface area contributed by atoms with E-state index in [0.29, 0.717) is 44.0 Å². The first-order valence-corrected chi connectivity index (χ1v) is 13.9. The van der Waals surface area contributed by atoms with Crippen molar-refractivity contribution in [3.8, 4) is 5.75 Å². The summed E-state index contributed by atoms with van der Waals surface area (Å²) in [4.78, 5) is 13.4. The molecule has 37 heavy (non-hydrogen) atoms. The zero-order valence-corrected chi connectivity index (χ0v) is 22.4. The monoisotopic (exact) mass is 522 g/mol. The Hall–Kier alpha value is -3.20. The number of morpholine rings is 1. The van der Waals surface area contributed by atoms with Gasteiger partial charge in [0.1, 0.15) is 5.75 Å². The van der Waals surface area contributed by atoms with E-state index < -0.39 is 10.0 Å². The first kappa shape index (κ1) is 26.9. The fourth-order valence-corrected chi connectivity index (χ4v) is 6.12. The number of nitrogens with zero attached hydrogens (tertiary/aromatic N) is 1. The van der Waals surface area contributed by atoms with Crippen molar-refractivity contribution in [1.29, 1.82) is 0 Å². The maximum absolute atomic E-state index is 13.2. The van der Waals surface area contributed by atoms with Gasteiger partial charge in [0.25, 0.3) is 0 Å². The van der Waals surface area contributed by atoms with E-state index in [2.05, 4.69) is 30.4 Å². The lowest BCUT2D eigenvalue weighted by Crippen LogP contribution is -2.40. The van der Waals surface area contributed by atoms with Gasteiger partial charge in [-0.2, -0.15) is 4.31 Å². The summed E-state index contributed by atoms with van der Waals surface area (Å²) >= 11 is 0. The molecule has 1 amide bonds. The quantitative estimate of drug-likeness (QED) is 0.456. The summed E-state index contributed by atoms with van der Waals surface area (Å²) in [5.74, 6) is 0.431.